The lowest BCUT2D eigenvalue weighted by Gasteiger charge is -2.27. The van der Waals surface area contributed by atoms with Crippen molar-refractivity contribution < 1.29 is 9.53 Å². The van der Waals surface area contributed by atoms with Gasteiger partial charge in [0.1, 0.15) is 5.82 Å². The number of hydrogen-bond acceptors (Lipinski definition) is 4. The van der Waals surface area contributed by atoms with Gasteiger partial charge in [-0.25, -0.2) is 4.98 Å². The number of likely N-dealkylation sites (tertiary alicyclic amines) is 1. The summed E-state index contributed by atoms with van der Waals surface area (Å²) in [6.07, 6.45) is 10.2. The Morgan fingerprint density at radius 1 is 1.29 bits per heavy atom. The summed E-state index contributed by atoms with van der Waals surface area (Å²) in [7, 11) is 2.04. The molecule has 0 N–H and O–H groups in total. The largest absolute Gasteiger partial charge is 0.378 e. The predicted octanol–water partition coefficient (Wildman–Crippen LogP) is 3.10. The number of nitrogens with zero attached hydrogens (tertiary/aromatic N) is 3. The molecule has 5 nitrogen and oxygen atoms in total. The lowest BCUT2D eigenvalue weighted by atomic mass is 10.1. The van der Waals surface area contributed by atoms with Crippen LogP contribution in [0.15, 0.2) is 18.3 Å². The molecule has 132 valence electrons. The molecule has 0 radical (unpaired) electrons. The summed E-state index contributed by atoms with van der Waals surface area (Å²) in [5.41, 5.74) is 0.752. The van der Waals surface area contributed by atoms with Crippen molar-refractivity contribution in [3.63, 3.8) is 0 Å². The summed E-state index contributed by atoms with van der Waals surface area (Å²) in [5.74, 6) is 1.01. The molecule has 2 fully saturated rings. The predicted molar refractivity (Wildman–Crippen MR) is 95.5 cm³/mol. The minimum Gasteiger partial charge on any atom is -0.378 e. The molecule has 0 aliphatic carbocycles. The molecule has 1 aromatic rings. The van der Waals surface area contributed by atoms with Gasteiger partial charge in [0.05, 0.1) is 6.10 Å². The van der Waals surface area contributed by atoms with Crippen molar-refractivity contribution in [1.82, 2.24) is 9.88 Å². The number of piperidine rings is 1. The summed E-state index contributed by atoms with van der Waals surface area (Å²) in [4.78, 5) is 21.2. The van der Waals surface area contributed by atoms with Crippen molar-refractivity contribution in [2.24, 2.45) is 0 Å². The highest BCUT2D eigenvalue weighted by molar-refractivity contribution is 5.94. The highest BCUT2D eigenvalue weighted by Gasteiger charge is 2.19. The average Bonchev–Trinajstić information content (AvgIpc) is 2.67. The maximum absolute atomic E-state index is 12.6. The van der Waals surface area contributed by atoms with Gasteiger partial charge in [0.25, 0.3) is 5.91 Å². The smallest absolute Gasteiger partial charge is 0.254 e. The maximum atomic E-state index is 12.6. The van der Waals surface area contributed by atoms with Gasteiger partial charge < -0.3 is 14.5 Å². The third-order valence-electron chi connectivity index (χ3n) is 5.09. The van der Waals surface area contributed by atoms with Gasteiger partial charge in [-0.2, -0.15) is 0 Å². The fourth-order valence-corrected chi connectivity index (χ4v) is 3.53. The summed E-state index contributed by atoms with van der Waals surface area (Å²) in [5, 5.41) is 0. The van der Waals surface area contributed by atoms with Gasteiger partial charge >= 0.3 is 0 Å². The first-order valence-electron chi connectivity index (χ1n) is 9.32. The Balaban J connectivity index is 1.58. The monoisotopic (exact) mass is 331 g/mol. The molecule has 5 heteroatoms. The van der Waals surface area contributed by atoms with Crippen molar-refractivity contribution >= 4 is 11.7 Å². The number of pyridine rings is 1. The van der Waals surface area contributed by atoms with E-state index in [9.17, 15) is 4.79 Å². The van der Waals surface area contributed by atoms with Crippen LogP contribution in [0.1, 0.15) is 55.3 Å². The molecular formula is C19H29N3O2. The van der Waals surface area contributed by atoms with Crippen molar-refractivity contribution in [1.29, 1.82) is 0 Å². The number of rotatable bonds is 5. The van der Waals surface area contributed by atoms with Crippen LogP contribution in [0.3, 0.4) is 0 Å². The van der Waals surface area contributed by atoms with Crippen molar-refractivity contribution in [2.45, 2.75) is 51.0 Å². The number of anilines is 1. The van der Waals surface area contributed by atoms with Crippen LogP contribution in [-0.4, -0.2) is 55.2 Å². The number of aromatic nitrogens is 1. The van der Waals surface area contributed by atoms with E-state index in [-0.39, 0.29) is 5.91 Å². The van der Waals surface area contributed by atoms with Crippen LogP contribution in [0, 0.1) is 0 Å². The Bertz CT molecular complexity index is 537. The molecule has 1 unspecified atom stereocenters. The minimum absolute atomic E-state index is 0.141. The normalized spacial score (nSPS) is 21.5. The molecule has 2 aliphatic rings. The summed E-state index contributed by atoms with van der Waals surface area (Å²) >= 11 is 0. The number of carbonyl (C=O) groups excluding carboxylic acids is 1. The SMILES string of the molecule is CN(CCC1CCCCO1)c1cc(C(=O)N2CCCCC2)ccn1. The number of carbonyl (C=O) groups is 1. The van der Waals surface area contributed by atoms with Gasteiger partial charge in [0.15, 0.2) is 0 Å². The van der Waals surface area contributed by atoms with E-state index in [2.05, 4.69) is 9.88 Å². The Hall–Kier alpha value is -1.62. The van der Waals surface area contributed by atoms with E-state index in [1.807, 2.05) is 24.1 Å². The third-order valence-corrected chi connectivity index (χ3v) is 5.09. The van der Waals surface area contributed by atoms with E-state index in [0.717, 1.165) is 63.3 Å². The zero-order valence-electron chi connectivity index (χ0n) is 14.7. The average molecular weight is 331 g/mol. The maximum Gasteiger partial charge on any atom is 0.254 e. The molecule has 3 rings (SSSR count). The van der Waals surface area contributed by atoms with Crippen LogP contribution < -0.4 is 4.90 Å². The van der Waals surface area contributed by atoms with Gasteiger partial charge in [-0.15, -0.1) is 0 Å². The van der Waals surface area contributed by atoms with Crippen molar-refractivity contribution in [3.8, 4) is 0 Å². The van der Waals surface area contributed by atoms with Gasteiger partial charge in [0.2, 0.25) is 0 Å². The fourth-order valence-electron chi connectivity index (χ4n) is 3.53. The minimum atomic E-state index is 0.141. The summed E-state index contributed by atoms with van der Waals surface area (Å²) < 4.78 is 5.80. The Morgan fingerprint density at radius 3 is 2.88 bits per heavy atom. The molecule has 3 heterocycles. The number of hydrogen-bond donors (Lipinski definition) is 0. The fraction of sp³-hybridized carbons (Fsp3) is 0.684. The van der Waals surface area contributed by atoms with Crippen LogP contribution in [0.2, 0.25) is 0 Å². The van der Waals surface area contributed by atoms with E-state index >= 15 is 0 Å². The highest BCUT2D eigenvalue weighted by Crippen LogP contribution is 2.19. The van der Waals surface area contributed by atoms with E-state index in [0.29, 0.717) is 6.10 Å². The molecule has 0 aromatic carbocycles. The van der Waals surface area contributed by atoms with E-state index < -0.39 is 0 Å². The van der Waals surface area contributed by atoms with Crippen LogP contribution in [0.5, 0.6) is 0 Å². The van der Waals surface area contributed by atoms with Crippen LogP contribution in [0.4, 0.5) is 5.82 Å². The van der Waals surface area contributed by atoms with Crippen molar-refractivity contribution in [2.75, 3.05) is 38.2 Å². The third kappa shape index (κ3) is 4.47. The second-order valence-corrected chi connectivity index (χ2v) is 6.95. The number of ether oxygens (including phenoxy) is 1. The topological polar surface area (TPSA) is 45.7 Å². The summed E-state index contributed by atoms with van der Waals surface area (Å²) in [6.45, 7) is 3.56. The molecule has 0 saturated carbocycles. The van der Waals surface area contributed by atoms with Gasteiger partial charge in [-0.3, -0.25) is 4.79 Å². The van der Waals surface area contributed by atoms with Crippen LogP contribution in [0.25, 0.3) is 0 Å². The Morgan fingerprint density at radius 2 is 2.12 bits per heavy atom. The quantitative estimate of drug-likeness (QED) is 0.832. The number of amides is 1. The molecule has 1 aromatic heterocycles. The van der Waals surface area contributed by atoms with Crippen LogP contribution >= 0.6 is 0 Å². The first-order chi connectivity index (χ1) is 11.7. The highest BCUT2D eigenvalue weighted by atomic mass is 16.5. The second kappa shape index (κ2) is 8.47. The van der Waals surface area contributed by atoms with Gasteiger partial charge in [-0.05, 0) is 57.1 Å². The van der Waals surface area contributed by atoms with E-state index in [1.165, 1.54) is 19.3 Å². The molecule has 24 heavy (non-hydrogen) atoms. The first kappa shape index (κ1) is 17.2. The molecule has 2 aliphatic heterocycles. The lowest BCUT2D eigenvalue weighted by Crippen LogP contribution is -2.35. The molecule has 1 amide bonds. The van der Waals surface area contributed by atoms with Gasteiger partial charge in [-0.1, -0.05) is 0 Å². The first-order valence-corrected chi connectivity index (χ1v) is 9.32. The van der Waals surface area contributed by atoms with Crippen LogP contribution in [-0.2, 0) is 4.74 Å². The zero-order chi connectivity index (χ0) is 16.8. The van der Waals surface area contributed by atoms with Gasteiger partial charge in [0, 0.05) is 45.0 Å². The standard InChI is InChI=1S/C19H29N3O2/c1-21(13-9-17-7-3-6-14-24-17)18-15-16(8-10-20-18)19(23)22-11-4-2-5-12-22/h8,10,15,17H,2-7,9,11-14H2,1H3. The van der Waals surface area contributed by atoms with Crippen molar-refractivity contribution in [3.05, 3.63) is 23.9 Å². The van der Waals surface area contributed by atoms with E-state index in [4.69, 9.17) is 4.74 Å². The van der Waals surface area contributed by atoms with E-state index in [1.54, 1.807) is 6.20 Å². The molecular weight excluding hydrogens is 302 g/mol. The molecule has 0 bridgehead atoms. The molecule has 1 atom stereocenters. The zero-order valence-corrected chi connectivity index (χ0v) is 14.7. The Labute approximate surface area is 145 Å². The lowest BCUT2D eigenvalue weighted by molar-refractivity contribution is 0.0126. The molecule has 0 spiro atoms. The Kier molecular flexibility index (Phi) is 6.07. The second-order valence-electron chi connectivity index (χ2n) is 6.95. The molecule has 2 saturated heterocycles. The summed E-state index contributed by atoms with van der Waals surface area (Å²) in [6, 6.07) is 3.76.